The number of hydrogen-bond acceptors (Lipinski definition) is 2. The minimum Gasteiger partial charge on any atom is -0.340 e. The van der Waals surface area contributed by atoms with Crippen LogP contribution in [0.2, 0.25) is 0 Å². The fourth-order valence-electron chi connectivity index (χ4n) is 3.22. The average Bonchev–Trinajstić information content (AvgIpc) is 2.46. The summed E-state index contributed by atoms with van der Waals surface area (Å²) in [4.78, 5) is 27.3. The van der Waals surface area contributed by atoms with Gasteiger partial charge in [0.25, 0.3) is 0 Å². The number of nitrogens with one attached hydrogen (secondary N) is 1. The maximum Gasteiger partial charge on any atom is 0.249 e. The Morgan fingerprint density at radius 2 is 1.67 bits per heavy atom. The molecule has 2 unspecified atom stereocenters. The first kappa shape index (κ1) is 18.0. The van der Waals surface area contributed by atoms with Gasteiger partial charge >= 0.3 is 0 Å². The van der Waals surface area contributed by atoms with E-state index < -0.39 is 5.54 Å². The molecule has 0 saturated carbocycles. The second-order valence-corrected chi connectivity index (χ2v) is 6.74. The molecule has 1 aliphatic heterocycles. The van der Waals surface area contributed by atoms with Gasteiger partial charge in [0.05, 0.1) is 0 Å². The van der Waals surface area contributed by atoms with Crippen molar-refractivity contribution in [1.82, 2.24) is 10.2 Å². The highest BCUT2D eigenvalue weighted by molar-refractivity contribution is 5.99. The Bertz CT molecular complexity index is 375. The van der Waals surface area contributed by atoms with Crippen molar-refractivity contribution in [2.24, 2.45) is 5.92 Å². The van der Waals surface area contributed by atoms with Crippen molar-refractivity contribution < 1.29 is 9.59 Å². The Morgan fingerprint density at radius 3 is 2.10 bits per heavy atom. The number of carbonyl (C=O) groups is 2. The van der Waals surface area contributed by atoms with Crippen molar-refractivity contribution in [2.75, 3.05) is 0 Å². The molecule has 1 heterocycles. The van der Waals surface area contributed by atoms with Gasteiger partial charge in [-0.05, 0) is 44.9 Å². The number of nitrogens with zero attached hydrogens (tertiary/aromatic N) is 1. The van der Waals surface area contributed by atoms with Crippen molar-refractivity contribution in [3.8, 4) is 0 Å². The first-order chi connectivity index (χ1) is 9.82. The predicted molar refractivity (Wildman–Crippen MR) is 85.9 cm³/mol. The molecule has 21 heavy (non-hydrogen) atoms. The molecule has 4 nitrogen and oxygen atoms in total. The summed E-state index contributed by atoms with van der Waals surface area (Å²) in [5.74, 6) is 0.732. The van der Waals surface area contributed by atoms with Crippen LogP contribution in [0.4, 0.5) is 0 Å². The second kappa shape index (κ2) is 7.28. The van der Waals surface area contributed by atoms with E-state index in [0.717, 1.165) is 12.8 Å². The maximum atomic E-state index is 13.0. The molecule has 0 spiro atoms. The fourth-order valence-corrected chi connectivity index (χ4v) is 3.22. The van der Waals surface area contributed by atoms with Gasteiger partial charge in [0.1, 0.15) is 11.6 Å². The first-order valence-corrected chi connectivity index (χ1v) is 8.47. The first-order valence-electron chi connectivity index (χ1n) is 8.47. The zero-order valence-corrected chi connectivity index (χ0v) is 14.5. The molecule has 2 atom stereocenters. The summed E-state index contributed by atoms with van der Waals surface area (Å²) in [5.41, 5.74) is -0.700. The highest BCUT2D eigenvalue weighted by Gasteiger charge is 2.49. The number of carbonyl (C=O) groups excluding carboxylic acids is 2. The smallest absolute Gasteiger partial charge is 0.249 e. The van der Waals surface area contributed by atoms with Gasteiger partial charge in [-0.2, -0.15) is 0 Å². The minimum atomic E-state index is -0.700. The van der Waals surface area contributed by atoms with Crippen molar-refractivity contribution in [1.29, 1.82) is 0 Å². The van der Waals surface area contributed by atoms with Crippen LogP contribution in [0.5, 0.6) is 0 Å². The summed E-state index contributed by atoms with van der Waals surface area (Å²) in [6.07, 6.45) is 4.01. The topological polar surface area (TPSA) is 49.4 Å². The third-order valence-corrected chi connectivity index (χ3v) is 4.88. The van der Waals surface area contributed by atoms with Gasteiger partial charge < -0.3 is 10.2 Å². The Kier molecular flexibility index (Phi) is 6.24. The van der Waals surface area contributed by atoms with Crippen molar-refractivity contribution in [3.63, 3.8) is 0 Å². The van der Waals surface area contributed by atoms with E-state index in [1.54, 1.807) is 0 Å². The summed E-state index contributed by atoms with van der Waals surface area (Å²) in [6, 6.07) is -0.195. The molecule has 1 rings (SSSR count). The Morgan fingerprint density at radius 1 is 1.10 bits per heavy atom. The molecule has 1 aliphatic rings. The summed E-state index contributed by atoms with van der Waals surface area (Å²) in [6.45, 7) is 12.4. The molecular formula is C17H32N2O2. The van der Waals surface area contributed by atoms with Gasteiger partial charge in [0.2, 0.25) is 11.8 Å². The van der Waals surface area contributed by atoms with Gasteiger partial charge in [-0.3, -0.25) is 9.59 Å². The molecule has 1 fully saturated rings. The van der Waals surface area contributed by atoms with Gasteiger partial charge in [-0.15, -0.1) is 0 Å². The minimum absolute atomic E-state index is 0.0113. The third-order valence-electron chi connectivity index (χ3n) is 4.88. The summed E-state index contributed by atoms with van der Waals surface area (Å²) >= 11 is 0. The van der Waals surface area contributed by atoms with E-state index in [1.165, 1.54) is 0 Å². The molecule has 0 aromatic rings. The number of rotatable bonds is 7. The van der Waals surface area contributed by atoms with Crippen molar-refractivity contribution >= 4 is 11.8 Å². The highest BCUT2D eigenvalue weighted by atomic mass is 16.2. The Balaban J connectivity index is 3.03. The van der Waals surface area contributed by atoms with Crippen LogP contribution in [-0.2, 0) is 9.59 Å². The zero-order valence-electron chi connectivity index (χ0n) is 14.5. The third kappa shape index (κ3) is 3.58. The normalized spacial score (nSPS) is 23.4. The largest absolute Gasteiger partial charge is 0.340 e. The van der Waals surface area contributed by atoms with Crippen LogP contribution in [0.15, 0.2) is 0 Å². The lowest BCUT2D eigenvalue weighted by atomic mass is 9.85. The Labute approximate surface area is 129 Å². The average molecular weight is 296 g/mol. The summed E-state index contributed by atoms with van der Waals surface area (Å²) in [5, 5.41) is 3.00. The van der Waals surface area contributed by atoms with E-state index in [9.17, 15) is 9.59 Å². The van der Waals surface area contributed by atoms with Gasteiger partial charge in [-0.25, -0.2) is 0 Å². The molecule has 122 valence electrons. The van der Waals surface area contributed by atoms with Crippen LogP contribution in [0.1, 0.15) is 73.6 Å². The molecule has 4 heteroatoms. The van der Waals surface area contributed by atoms with Crippen molar-refractivity contribution in [2.45, 2.75) is 91.3 Å². The standard InChI is InChI=1S/C17H32N2O2/c1-7-14-15(20)18-17(8-2,9-3)16(21)19(14)13(6)11-10-12(4)5/h12-14H,7-11H2,1-6H3,(H,18,20). The van der Waals surface area contributed by atoms with Crippen molar-refractivity contribution in [3.05, 3.63) is 0 Å². The molecular weight excluding hydrogens is 264 g/mol. The van der Waals surface area contributed by atoms with E-state index >= 15 is 0 Å². The number of amides is 2. The van der Waals surface area contributed by atoms with Crippen LogP contribution in [0, 0.1) is 5.92 Å². The van der Waals surface area contributed by atoms with Crippen LogP contribution >= 0.6 is 0 Å². The lowest BCUT2D eigenvalue weighted by Gasteiger charge is -2.48. The number of piperazine rings is 1. The molecule has 1 N–H and O–H groups in total. The molecule has 0 bridgehead atoms. The quantitative estimate of drug-likeness (QED) is 0.785. The highest BCUT2D eigenvalue weighted by Crippen LogP contribution is 2.29. The summed E-state index contributed by atoms with van der Waals surface area (Å²) in [7, 11) is 0. The van der Waals surface area contributed by atoms with E-state index in [2.05, 4.69) is 26.1 Å². The molecule has 0 aromatic heterocycles. The molecule has 0 aromatic carbocycles. The molecule has 2 amide bonds. The number of hydrogen-bond donors (Lipinski definition) is 1. The molecule has 1 saturated heterocycles. The zero-order chi connectivity index (χ0) is 16.2. The van der Waals surface area contributed by atoms with E-state index in [1.807, 2.05) is 25.7 Å². The van der Waals surface area contributed by atoms with Crippen LogP contribution in [-0.4, -0.2) is 34.3 Å². The van der Waals surface area contributed by atoms with E-state index in [4.69, 9.17) is 0 Å². The fraction of sp³-hybridized carbons (Fsp3) is 0.882. The van der Waals surface area contributed by atoms with Gasteiger partial charge in [0, 0.05) is 6.04 Å². The van der Waals surface area contributed by atoms with Crippen LogP contribution in [0.25, 0.3) is 0 Å². The van der Waals surface area contributed by atoms with Crippen LogP contribution in [0.3, 0.4) is 0 Å². The second-order valence-electron chi connectivity index (χ2n) is 6.74. The van der Waals surface area contributed by atoms with E-state index in [-0.39, 0.29) is 23.9 Å². The lowest BCUT2D eigenvalue weighted by Crippen LogP contribution is -2.71. The maximum absolute atomic E-state index is 13.0. The lowest BCUT2D eigenvalue weighted by molar-refractivity contribution is -0.158. The van der Waals surface area contributed by atoms with Gasteiger partial charge in [0.15, 0.2) is 0 Å². The molecule has 0 radical (unpaired) electrons. The monoisotopic (exact) mass is 296 g/mol. The molecule has 0 aliphatic carbocycles. The summed E-state index contributed by atoms with van der Waals surface area (Å²) < 4.78 is 0. The Hall–Kier alpha value is -1.06. The van der Waals surface area contributed by atoms with Gasteiger partial charge in [-0.1, -0.05) is 34.6 Å². The predicted octanol–water partition coefficient (Wildman–Crippen LogP) is 3.11. The SMILES string of the molecule is CCC1C(=O)NC(CC)(CC)C(=O)N1C(C)CCC(C)C. The van der Waals surface area contributed by atoms with E-state index in [0.29, 0.717) is 25.2 Å². The van der Waals surface area contributed by atoms with Crippen LogP contribution < -0.4 is 5.32 Å².